The number of hydrogen-bond acceptors (Lipinski definition) is 2. The van der Waals surface area contributed by atoms with Crippen LogP contribution in [0.5, 0.6) is 0 Å². The average Bonchev–Trinajstić information content (AvgIpc) is 2.22. The summed E-state index contributed by atoms with van der Waals surface area (Å²) in [6.45, 7) is 1.73. The molecule has 2 aromatic rings. The van der Waals surface area contributed by atoms with Crippen LogP contribution in [-0.4, -0.2) is 9.97 Å². The van der Waals surface area contributed by atoms with E-state index < -0.39 is 0 Å². The van der Waals surface area contributed by atoms with Crippen molar-refractivity contribution in [3.63, 3.8) is 0 Å². The molecule has 2 rings (SSSR count). The Kier molecular flexibility index (Phi) is 2.67. The van der Waals surface area contributed by atoms with Crippen LogP contribution in [0.2, 0.25) is 5.02 Å². The van der Waals surface area contributed by atoms with Crippen molar-refractivity contribution in [3.05, 3.63) is 38.8 Å². The number of aromatic nitrogens is 2. The van der Waals surface area contributed by atoms with Gasteiger partial charge in [0.25, 0.3) is 5.56 Å². The second-order valence-electron chi connectivity index (χ2n) is 3.27. The molecule has 78 valence electrons. The summed E-state index contributed by atoms with van der Waals surface area (Å²) >= 11 is 11.8. The lowest BCUT2D eigenvalue weighted by Gasteiger charge is -2.04. The number of rotatable bonds is 1. The first-order valence-corrected chi connectivity index (χ1v) is 5.27. The Bertz CT molecular complexity index is 577. The molecule has 0 spiro atoms. The van der Waals surface area contributed by atoms with Crippen LogP contribution < -0.4 is 5.56 Å². The highest BCUT2D eigenvalue weighted by Crippen LogP contribution is 2.24. The van der Waals surface area contributed by atoms with Gasteiger partial charge in [-0.15, -0.1) is 11.6 Å². The molecular formula is C10H8Cl2N2O. The molecular weight excluding hydrogens is 235 g/mol. The summed E-state index contributed by atoms with van der Waals surface area (Å²) < 4.78 is 0. The molecule has 3 nitrogen and oxygen atoms in total. The summed E-state index contributed by atoms with van der Waals surface area (Å²) in [5.41, 5.74) is 2.39. The lowest BCUT2D eigenvalue weighted by Crippen LogP contribution is -2.09. The first-order chi connectivity index (χ1) is 7.13. The third kappa shape index (κ3) is 1.73. The number of aryl methyl sites for hydroxylation is 1. The Morgan fingerprint density at radius 1 is 1.53 bits per heavy atom. The number of fused-ring (bicyclic) bond motifs is 1. The third-order valence-corrected chi connectivity index (χ3v) is 2.93. The number of aromatic amines is 1. The molecule has 0 aromatic carbocycles. The second-order valence-corrected chi connectivity index (χ2v) is 3.92. The van der Waals surface area contributed by atoms with Crippen molar-refractivity contribution in [1.82, 2.24) is 9.97 Å². The minimum Gasteiger partial charge on any atom is -0.319 e. The van der Waals surface area contributed by atoms with Crippen LogP contribution >= 0.6 is 23.2 Å². The van der Waals surface area contributed by atoms with E-state index in [0.717, 1.165) is 0 Å². The first-order valence-electron chi connectivity index (χ1n) is 4.36. The van der Waals surface area contributed by atoms with E-state index in [4.69, 9.17) is 23.2 Å². The molecule has 1 N–H and O–H groups in total. The monoisotopic (exact) mass is 242 g/mol. The summed E-state index contributed by atoms with van der Waals surface area (Å²) in [4.78, 5) is 18.3. The van der Waals surface area contributed by atoms with Crippen molar-refractivity contribution in [2.24, 2.45) is 0 Å². The predicted molar refractivity (Wildman–Crippen MR) is 61.7 cm³/mol. The van der Waals surface area contributed by atoms with E-state index in [-0.39, 0.29) is 11.4 Å². The van der Waals surface area contributed by atoms with Crippen LogP contribution in [0.25, 0.3) is 11.0 Å². The van der Waals surface area contributed by atoms with Gasteiger partial charge in [0, 0.05) is 17.3 Å². The number of pyridine rings is 2. The van der Waals surface area contributed by atoms with Gasteiger partial charge in [0.1, 0.15) is 0 Å². The van der Waals surface area contributed by atoms with Gasteiger partial charge >= 0.3 is 0 Å². The lowest BCUT2D eigenvalue weighted by molar-refractivity contribution is 1.20. The van der Waals surface area contributed by atoms with Gasteiger partial charge in [0.2, 0.25) is 0 Å². The van der Waals surface area contributed by atoms with Gasteiger partial charge < -0.3 is 4.98 Å². The summed E-state index contributed by atoms with van der Waals surface area (Å²) in [7, 11) is 0. The molecule has 5 heteroatoms. The highest BCUT2D eigenvalue weighted by Gasteiger charge is 2.07. The SMILES string of the molecule is Cc1cc2ncc(CCl)c(Cl)c2[nH]c1=O. The number of nitrogens with one attached hydrogen (secondary N) is 1. The lowest BCUT2D eigenvalue weighted by atomic mass is 10.2. The van der Waals surface area contributed by atoms with Crippen LogP contribution in [0.15, 0.2) is 17.1 Å². The molecule has 0 aliphatic carbocycles. The van der Waals surface area contributed by atoms with Gasteiger partial charge in [-0.3, -0.25) is 9.78 Å². The second kappa shape index (κ2) is 3.83. The molecule has 0 saturated heterocycles. The topological polar surface area (TPSA) is 45.8 Å². The third-order valence-electron chi connectivity index (χ3n) is 2.21. The van der Waals surface area contributed by atoms with Crippen molar-refractivity contribution in [2.75, 3.05) is 0 Å². The summed E-state index contributed by atoms with van der Waals surface area (Å²) in [6.07, 6.45) is 1.62. The normalized spacial score (nSPS) is 10.9. The molecule has 0 bridgehead atoms. The zero-order valence-electron chi connectivity index (χ0n) is 7.97. The summed E-state index contributed by atoms with van der Waals surface area (Å²) in [5.74, 6) is 0.275. The number of H-pyrrole nitrogens is 1. The molecule has 0 fully saturated rings. The zero-order chi connectivity index (χ0) is 11.0. The Balaban J connectivity index is 2.87. The number of hydrogen-bond donors (Lipinski definition) is 1. The van der Waals surface area contributed by atoms with Gasteiger partial charge in [-0.25, -0.2) is 0 Å². The van der Waals surface area contributed by atoms with Crippen LogP contribution in [-0.2, 0) is 5.88 Å². The molecule has 2 aromatic heterocycles. The minimum atomic E-state index is -0.155. The van der Waals surface area contributed by atoms with E-state index in [0.29, 0.717) is 27.2 Å². The Morgan fingerprint density at radius 2 is 2.27 bits per heavy atom. The van der Waals surface area contributed by atoms with E-state index in [1.54, 1.807) is 19.2 Å². The summed E-state index contributed by atoms with van der Waals surface area (Å²) in [5, 5.41) is 0.465. The molecule has 0 saturated carbocycles. The van der Waals surface area contributed by atoms with Gasteiger partial charge in [-0.05, 0) is 13.0 Å². The molecule has 0 aliphatic rings. The Labute approximate surface area is 96.1 Å². The van der Waals surface area contributed by atoms with Gasteiger partial charge in [-0.2, -0.15) is 0 Å². The highest BCUT2D eigenvalue weighted by molar-refractivity contribution is 6.36. The maximum Gasteiger partial charge on any atom is 0.251 e. The fraction of sp³-hybridized carbons (Fsp3) is 0.200. The fourth-order valence-corrected chi connectivity index (χ4v) is 1.88. The molecule has 0 unspecified atom stereocenters. The van der Waals surface area contributed by atoms with Crippen LogP contribution in [0.1, 0.15) is 11.1 Å². The molecule has 0 atom stereocenters. The molecule has 0 aliphatic heterocycles. The van der Waals surface area contributed by atoms with Gasteiger partial charge in [0.15, 0.2) is 0 Å². The summed E-state index contributed by atoms with van der Waals surface area (Å²) in [6, 6.07) is 1.71. The molecule has 0 radical (unpaired) electrons. The predicted octanol–water partition coefficient (Wildman–Crippen LogP) is 2.62. The van der Waals surface area contributed by atoms with Gasteiger partial charge in [0.05, 0.1) is 21.9 Å². The number of nitrogens with zero attached hydrogens (tertiary/aromatic N) is 1. The largest absolute Gasteiger partial charge is 0.319 e. The molecule has 0 amide bonds. The smallest absolute Gasteiger partial charge is 0.251 e. The van der Waals surface area contributed by atoms with Crippen LogP contribution in [0, 0.1) is 6.92 Å². The van der Waals surface area contributed by atoms with E-state index in [1.807, 2.05) is 0 Å². The van der Waals surface area contributed by atoms with E-state index in [9.17, 15) is 4.79 Å². The maximum absolute atomic E-state index is 11.4. The number of halogens is 2. The molecule has 2 heterocycles. The maximum atomic E-state index is 11.4. The first kappa shape index (κ1) is 10.5. The molecule has 15 heavy (non-hydrogen) atoms. The van der Waals surface area contributed by atoms with E-state index in [2.05, 4.69) is 9.97 Å². The highest BCUT2D eigenvalue weighted by atomic mass is 35.5. The quantitative estimate of drug-likeness (QED) is 0.782. The Hall–Kier alpha value is -1.06. The standard InChI is InChI=1S/C10H8Cl2N2O/c1-5-2-7-9(14-10(5)15)8(12)6(3-11)4-13-7/h2,4H,3H2,1H3,(H,14,15). The number of alkyl halides is 1. The zero-order valence-corrected chi connectivity index (χ0v) is 9.49. The van der Waals surface area contributed by atoms with Crippen molar-refractivity contribution in [2.45, 2.75) is 12.8 Å². The van der Waals surface area contributed by atoms with Crippen molar-refractivity contribution >= 4 is 34.2 Å². The van der Waals surface area contributed by atoms with Crippen molar-refractivity contribution in [3.8, 4) is 0 Å². The fourth-order valence-electron chi connectivity index (χ4n) is 1.35. The van der Waals surface area contributed by atoms with Crippen molar-refractivity contribution < 1.29 is 0 Å². The van der Waals surface area contributed by atoms with E-state index >= 15 is 0 Å². The van der Waals surface area contributed by atoms with Crippen LogP contribution in [0.4, 0.5) is 0 Å². The van der Waals surface area contributed by atoms with Crippen LogP contribution in [0.3, 0.4) is 0 Å². The van der Waals surface area contributed by atoms with E-state index in [1.165, 1.54) is 0 Å². The van der Waals surface area contributed by atoms with Gasteiger partial charge in [-0.1, -0.05) is 11.6 Å². The average molecular weight is 243 g/mol. The minimum absolute atomic E-state index is 0.155. The Morgan fingerprint density at radius 3 is 2.93 bits per heavy atom. The van der Waals surface area contributed by atoms with Crippen molar-refractivity contribution in [1.29, 1.82) is 0 Å².